The highest BCUT2D eigenvalue weighted by Gasteiger charge is 2.12. The molecule has 1 aromatic rings. The van der Waals surface area contributed by atoms with E-state index in [4.69, 9.17) is 0 Å². The van der Waals surface area contributed by atoms with Gasteiger partial charge in [0.1, 0.15) is 0 Å². The van der Waals surface area contributed by atoms with Gasteiger partial charge in [0.2, 0.25) is 0 Å². The average Bonchev–Trinajstić information content (AvgIpc) is 2.43. The van der Waals surface area contributed by atoms with Gasteiger partial charge in [0.05, 0.1) is 0 Å². The minimum Gasteiger partial charge on any atom is -0.314 e. The van der Waals surface area contributed by atoms with Crippen molar-refractivity contribution in [1.82, 2.24) is 10.3 Å². The number of nitrogens with one attached hydrogen (secondary N) is 1. The molecule has 108 valence electrons. The molecule has 0 aliphatic rings. The fourth-order valence-corrected chi connectivity index (χ4v) is 2.62. The molecule has 1 rings (SSSR count). The van der Waals surface area contributed by atoms with Crippen LogP contribution in [0.2, 0.25) is 0 Å². The monoisotopic (exact) mass is 262 g/mol. The summed E-state index contributed by atoms with van der Waals surface area (Å²) in [6.07, 6.45) is 9.31. The maximum Gasteiger partial charge on any atom is 0.0404 e. The quantitative estimate of drug-likeness (QED) is 0.683. The lowest BCUT2D eigenvalue weighted by Crippen LogP contribution is -2.32. The van der Waals surface area contributed by atoms with E-state index in [0.29, 0.717) is 6.04 Å². The molecule has 1 heterocycles. The van der Waals surface area contributed by atoms with Crippen LogP contribution in [0.3, 0.4) is 0 Å². The second kappa shape index (κ2) is 9.96. The smallest absolute Gasteiger partial charge is 0.0404 e. The van der Waals surface area contributed by atoms with E-state index >= 15 is 0 Å². The highest BCUT2D eigenvalue weighted by atomic mass is 14.9. The Morgan fingerprint density at radius 3 is 2.63 bits per heavy atom. The van der Waals surface area contributed by atoms with Gasteiger partial charge >= 0.3 is 0 Å². The van der Waals surface area contributed by atoms with E-state index in [1.165, 1.54) is 37.8 Å². The highest BCUT2D eigenvalue weighted by Crippen LogP contribution is 2.16. The van der Waals surface area contributed by atoms with Crippen molar-refractivity contribution in [3.8, 4) is 0 Å². The molecule has 1 aromatic heterocycles. The maximum absolute atomic E-state index is 4.42. The molecule has 0 aromatic carbocycles. The number of rotatable bonds is 10. The van der Waals surface area contributed by atoms with E-state index in [2.05, 4.69) is 43.2 Å². The van der Waals surface area contributed by atoms with E-state index in [0.717, 1.165) is 18.9 Å². The summed E-state index contributed by atoms with van der Waals surface area (Å²) in [5.74, 6) is 0.822. The van der Waals surface area contributed by atoms with Gasteiger partial charge in [-0.3, -0.25) is 4.98 Å². The van der Waals surface area contributed by atoms with Crippen molar-refractivity contribution in [3.63, 3.8) is 0 Å². The van der Waals surface area contributed by atoms with Gasteiger partial charge in [-0.2, -0.15) is 0 Å². The Kier molecular flexibility index (Phi) is 8.48. The lowest BCUT2D eigenvalue weighted by molar-refractivity contribution is 0.367. The third-order valence-corrected chi connectivity index (χ3v) is 3.63. The van der Waals surface area contributed by atoms with Crippen LogP contribution in [-0.4, -0.2) is 17.6 Å². The first-order chi connectivity index (χ1) is 9.26. The van der Waals surface area contributed by atoms with Crippen molar-refractivity contribution < 1.29 is 0 Å². The zero-order valence-electron chi connectivity index (χ0n) is 12.9. The van der Waals surface area contributed by atoms with Gasteiger partial charge in [0.25, 0.3) is 0 Å². The molecule has 2 nitrogen and oxygen atoms in total. The zero-order valence-corrected chi connectivity index (χ0v) is 12.9. The molecular formula is C17H30N2. The van der Waals surface area contributed by atoms with Crippen LogP contribution in [0, 0.1) is 5.92 Å². The zero-order chi connectivity index (χ0) is 13.9. The van der Waals surface area contributed by atoms with E-state index in [9.17, 15) is 0 Å². The van der Waals surface area contributed by atoms with Gasteiger partial charge in [0.15, 0.2) is 0 Å². The number of hydrogen-bond acceptors (Lipinski definition) is 2. The average molecular weight is 262 g/mol. The minimum absolute atomic E-state index is 0.642. The summed E-state index contributed by atoms with van der Waals surface area (Å²) < 4.78 is 0. The molecule has 0 fully saturated rings. The molecule has 19 heavy (non-hydrogen) atoms. The van der Waals surface area contributed by atoms with E-state index in [-0.39, 0.29) is 0 Å². The standard InChI is InChI=1S/C17H30N2/c1-4-8-15(3)14-17(18-12-5-2)11-10-16-9-6-7-13-19-16/h6-7,9,13,15,17-18H,4-5,8,10-12,14H2,1-3H3. The Morgan fingerprint density at radius 1 is 1.16 bits per heavy atom. The van der Waals surface area contributed by atoms with Crippen LogP contribution in [-0.2, 0) is 6.42 Å². The number of nitrogens with zero attached hydrogens (tertiary/aromatic N) is 1. The highest BCUT2D eigenvalue weighted by molar-refractivity contribution is 5.03. The molecule has 1 N–H and O–H groups in total. The van der Waals surface area contributed by atoms with Gasteiger partial charge < -0.3 is 5.32 Å². The van der Waals surface area contributed by atoms with E-state index in [1.54, 1.807) is 0 Å². The molecule has 0 aliphatic carbocycles. The summed E-state index contributed by atoms with van der Waals surface area (Å²) in [5, 5.41) is 3.70. The SMILES string of the molecule is CCCNC(CCc1ccccn1)CC(C)CCC. The number of hydrogen-bond donors (Lipinski definition) is 1. The summed E-state index contributed by atoms with van der Waals surface area (Å²) >= 11 is 0. The van der Waals surface area contributed by atoms with Crippen LogP contribution >= 0.6 is 0 Å². The summed E-state index contributed by atoms with van der Waals surface area (Å²) in [5.41, 5.74) is 1.22. The van der Waals surface area contributed by atoms with Gasteiger partial charge in [-0.1, -0.05) is 39.7 Å². The van der Waals surface area contributed by atoms with Crippen LogP contribution in [0.4, 0.5) is 0 Å². The molecular weight excluding hydrogens is 232 g/mol. The van der Waals surface area contributed by atoms with Gasteiger partial charge in [0, 0.05) is 17.9 Å². The summed E-state index contributed by atoms with van der Waals surface area (Å²) in [7, 11) is 0. The predicted molar refractivity (Wildman–Crippen MR) is 83.3 cm³/mol. The van der Waals surface area contributed by atoms with Crippen LogP contribution in [0.5, 0.6) is 0 Å². The Hall–Kier alpha value is -0.890. The molecule has 2 unspecified atom stereocenters. The Morgan fingerprint density at radius 2 is 2.00 bits per heavy atom. The molecule has 0 spiro atoms. The van der Waals surface area contributed by atoms with E-state index in [1.807, 2.05) is 12.3 Å². The van der Waals surface area contributed by atoms with Crippen LogP contribution < -0.4 is 5.32 Å². The summed E-state index contributed by atoms with van der Waals surface area (Å²) in [6, 6.07) is 6.84. The van der Waals surface area contributed by atoms with E-state index < -0.39 is 0 Å². The largest absolute Gasteiger partial charge is 0.314 e. The number of aryl methyl sites for hydroxylation is 1. The van der Waals surface area contributed by atoms with Crippen molar-refractivity contribution in [1.29, 1.82) is 0 Å². The van der Waals surface area contributed by atoms with Crippen molar-refractivity contribution in [2.75, 3.05) is 6.54 Å². The molecule has 0 aliphatic heterocycles. The first-order valence-corrected chi connectivity index (χ1v) is 7.89. The first kappa shape index (κ1) is 16.2. The van der Waals surface area contributed by atoms with Crippen molar-refractivity contribution in [3.05, 3.63) is 30.1 Å². The third-order valence-electron chi connectivity index (χ3n) is 3.63. The predicted octanol–water partition coefficient (Wildman–Crippen LogP) is 4.21. The Balaban J connectivity index is 2.40. The van der Waals surface area contributed by atoms with Crippen molar-refractivity contribution in [2.24, 2.45) is 5.92 Å². The Labute approximate surface area is 119 Å². The second-order valence-electron chi connectivity index (χ2n) is 5.64. The molecule has 0 amide bonds. The molecule has 2 atom stereocenters. The second-order valence-corrected chi connectivity index (χ2v) is 5.64. The fourth-order valence-electron chi connectivity index (χ4n) is 2.62. The lowest BCUT2D eigenvalue weighted by atomic mass is 9.94. The normalized spacial score (nSPS) is 14.3. The molecule has 0 saturated carbocycles. The van der Waals surface area contributed by atoms with Gasteiger partial charge in [-0.15, -0.1) is 0 Å². The fraction of sp³-hybridized carbons (Fsp3) is 0.706. The first-order valence-electron chi connectivity index (χ1n) is 7.89. The maximum atomic E-state index is 4.42. The van der Waals surface area contributed by atoms with Gasteiger partial charge in [-0.05, 0) is 50.3 Å². The summed E-state index contributed by atoms with van der Waals surface area (Å²) in [6.45, 7) is 8.02. The van der Waals surface area contributed by atoms with Crippen LogP contribution in [0.25, 0.3) is 0 Å². The topological polar surface area (TPSA) is 24.9 Å². The van der Waals surface area contributed by atoms with Crippen molar-refractivity contribution >= 4 is 0 Å². The minimum atomic E-state index is 0.642. The van der Waals surface area contributed by atoms with Crippen LogP contribution in [0.1, 0.15) is 58.6 Å². The molecule has 2 heteroatoms. The molecule has 0 saturated heterocycles. The Bertz CT molecular complexity index is 310. The van der Waals surface area contributed by atoms with Gasteiger partial charge in [-0.25, -0.2) is 0 Å². The number of aromatic nitrogens is 1. The number of pyridine rings is 1. The lowest BCUT2D eigenvalue weighted by Gasteiger charge is -2.22. The van der Waals surface area contributed by atoms with Crippen LogP contribution in [0.15, 0.2) is 24.4 Å². The third kappa shape index (κ3) is 7.31. The summed E-state index contributed by atoms with van der Waals surface area (Å²) in [4.78, 5) is 4.42. The molecule has 0 bridgehead atoms. The molecule has 0 radical (unpaired) electrons. The van der Waals surface area contributed by atoms with Crippen molar-refractivity contribution in [2.45, 2.75) is 65.3 Å².